The molecule has 0 spiro atoms. The molecular formula is C12H12N6O2S. The van der Waals surface area contributed by atoms with Gasteiger partial charge in [0.15, 0.2) is 5.82 Å². The van der Waals surface area contributed by atoms with E-state index in [9.17, 15) is 4.79 Å². The van der Waals surface area contributed by atoms with Gasteiger partial charge < -0.3 is 19.9 Å². The minimum Gasteiger partial charge on any atom is -0.465 e. The van der Waals surface area contributed by atoms with Crippen LogP contribution in [0.5, 0.6) is 0 Å². The second-order valence-electron chi connectivity index (χ2n) is 4.49. The molecule has 0 radical (unpaired) electrons. The molecule has 1 aliphatic heterocycles. The maximum atomic E-state index is 12.0. The smallest absolute Gasteiger partial charge is 0.343 e. The summed E-state index contributed by atoms with van der Waals surface area (Å²) < 4.78 is 6.73. The van der Waals surface area contributed by atoms with Gasteiger partial charge in [-0.2, -0.15) is 5.26 Å². The van der Waals surface area contributed by atoms with Gasteiger partial charge >= 0.3 is 5.97 Å². The Kier molecular flexibility index (Phi) is 3.23. The number of nitrogens with zero attached hydrogens (tertiary/aromatic N) is 5. The van der Waals surface area contributed by atoms with Gasteiger partial charge in [-0.05, 0) is 0 Å². The monoisotopic (exact) mass is 304 g/mol. The van der Waals surface area contributed by atoms with Crippen LogP contribution in [0.15, 0.2) is 6.33 Å². The molecule has 0 aromatic carbocycles. The number of carbonyl (C=O) groups is 1. The number of esters is 1. The van der Waals surface area contributed by atoms with E-state index in [0.717, 1.165) is 5.82 Å². The zero-order valence-corrected chi connectivity index (χ0v) is 12.1. The predicted octanol–water partition coefficient (Wildman–Crippen LogP) is 0.600. The second-order valence-corrected chi connectivity index (χ2v) is 5.49. The minimum atomic E-state index is -0.535. The van der Waals surface area contributed by atoms with Gasteiger partial charge in [0.1, 0.15) is 27.8 Å². The molecule has 3 heterocycles. The molecule has 0 bridgehead atoms. The summed E-state index contributed by atoms with van der Waals surface area (Å²) >= 11 is 1.20. The van der Waals surface area contributed by atoms with Crippen molar-refractivity contribution < 1.29 is 9.53 Å². The third-order valence-electron chi connectivity index (χ3n) is 3.34. The van der Waals surface area contributed by atoms with Gasteiger partial charge in [0, 0.05) is 13.1 Å². The number of nitriles is 1. The van der Waals surface area contributed by atoms with E-state index in [1.54, 1.807) is 6.33 Å². The summed E-state index contributed by atoms with van der Waals surface area (Å²) in [6, 6.07) is 2.01. The predicted molar refractivity (Wildman–Crippen MR) is 75.9 cm³/mol. The van der Waals surface area contributed by atoms with Crippen LogP contribution < -0.4 is 10.6 Å². The summed E-state index contributed by atoms with van der Waals surface area (Å²) in [6.07, 6.45) is 1.68. The van der Waals surface area contributed by atoms with Crippen LogP contribution in [0.4, 0.5) is 10.7 Å². The SMILES string of the molecule is COC(=O)c1c(N2CCn3cnnc3C2)sc(C#N)c1N. The van der Waals surface area contributed by atoms with Gasteiger partial charge in [0.25, 0.3) is 0 Å². The molecule has 2 aromatic heterocycles. The summed E-state index contributed by atoms with van der Waals surface area (Å²) in [6.45, 7) is 1.90. The van der Waals surface area contributed by atoms with Gasteiger partial charge in [-0.3, -0.25) is 0 Å². The summed E-state index contributed by atoms with van der Waals surface area (Å²) in [5.41, 5.74) is 6.33. The highest BCUT2D eigenvalue weighted by Gasteiger charge is 2.28. The van der Waals surface area contributed by atoms with Crippen molar-refractivity contribution in [2.24, 2.45) is 0 Å². The Morgan fingerprint density at radius 3 is 3.10 bits per heavy atom. The molecule has 0 atom stereocenters. The van der Waals surface area contributed by atoms with Crippen molar-refractivity contribution in [1.29, 1.82) is 5.26 Å². The molecule has 108 valence electrons. The first kappa shape index (κ1) is 13.4. The minimum absolute atomic E-state index is 0.177. The van der Waals surface area contributed by atoms with Crippen LogP contribution in [0.2, 0.25) is 0 Å². The number of hydrogen-bond donors (Lipinski definition) is 1. The van der Waals surface area contributed by atoms with Crippen LogP contribution in [-0.4, -0.2) is 34.4 Å². The summed E-state index contributed by atoms with van der Waals surface area (Å²) in [5.74, 6) is 0.273. The molecule has 1 aliphatic rings. The largest absolute Gasteiger partial charge is 0.465 e. The lowest BCUT2D eigenvalue weighted by Crippen LogP contribution is -2.34. The summed E-state index contributed by atoms with van der Waals surface area (Å²) in [5, 5.41) is 17.7. The van der Waals surface area contributed by atoms with Gasteiger partial charge in [-0.25, -0.2) is 4.79 Å². The Labute approximate surface area is 124 Å². The average molecular weight is 304 g/mol. The van der Waals surface area contributed by atoms with Crippen LogP contribution in [0.25, 0.3) is 0 Å². The zero-order chi connectivity index (χ0) is 15.0. The average Bonchev–Trinajstić information content (AvgIpc) is 3.09. The Morgan fingerprint density at radius 1 is 1.57 bits per heavy atom. The molecule has 0 aliphatic carbocycles. The standard InChI is InChI=1S/C12H12N6O2S/c1-20-12(19)9-10(14)7(4-13)21-11(9)17-2-3-18-6-15-16-8(18)5-17/h6H,2-3,5,14H2,1H3. The summed E-state index contributed by atoms with van der Waals surface area (Å²) in [7, 11) is 1.29. The molecule has 2 N–H and O–H groups in total. The molecule has 3 rings (SSSR count). The second kappa shape index (κ2) is 5.06. The van der Waals surface area contributed by atoms with Gasteiger partial charge in [0.05, 0.1) is 19.3 Å². The van der Waals surface area contributed by atoms with Gasteiger partial charge in [-0.1, -0.05) is 0 Å². The Balaban J connectivity index is 2.03. The van der Waals surface area contributed by atoms with E-state index in [-0.39, 0.29) is 11.3 Å². The highest BCUT2D eigenvalue weighted by atomic mass is 32.1. The first-order valence-electron chi connectivity index (χ1n) is 6.18. The third-order valence-corrected chi connectivity index (χ3v) is 4.51. The number of fused-ring (bicyclic) bond motifs is 1. The number of thiophene rings is 1. The Bertz CT molecular complexity index is 744. The van der Waals surface area contributed by atoms with Crippen molar-refractivity contribution in [3.8, 4) is 6.07 Å². The first-order valence-corrected chi connectivity index (χ1v) is 6.99. The molecule has 0 saturated carbocycles. The van der Waals surface area contributed by atoms with E-state index in [1.807, 2.05) is 15.5 Å². The molecule has 0 unspecified atom stereocenters. The molecule has 0 saturated heterocycles. The number of nitrogens with two attached hydrogens (primary N) is 1. The number of carbonyl (C=O) groups excluding carboxylic acids is 1. The number of aromatic nitrogens is 3. The van der Waals surface area contributed by atoms with Gasteiger partial charge in [0.2, 0.25) is 0 Å². The highest BCUT2D eigenvalue weighted by Crippen LogP contribution is 2.39. The quantitative estimate of drug-likeness (QED) is 0.809. The molecule has 2 aromatic rings. The Morgan fingerprint density at radius 2 is 2.38 bits per heavy atom. The van der Waals surface area contributed by atoms with Crippen LogP contribution in [0.1, 0.15) is 21.1 Å². The molecule has 0 amide bonds. The topological polar surface area (TPSA) is 110 Å². The van der Waals surface area contributed by atoms with Crippen LogP contribution in [-0.2, 0) is 17.8 Å². The molecule has 8 nitrogen and oxygen atoms in total. The fraction of sp³-hybridized carbons (Fsp3) is 0.333. The van der Waals surface area contributed by atoms with E-state index in [4.69, 9.17) is 15.7 Å². The van der Waals surface area contributed by atoms with Crippen molar-refractivity contribution in [3.05, 3.63) is 22.6 Å². The number of nitrogen functional groups attached to an aromatic ring is 1. The van der Waals surface area contributed by atoms with Gasteiger partial charge in [-0.15, -0.1) is 21.5 Å². The maximum absolute atomic E-state index is 12.0. The van der Waals surface area contributed by atoms with Crippen molar-refractivity contribution in [2.75, 3.05) is 24.3 Å². The van der Waals surface area contributed by atoms with Crippen LogP contribution >= 0.6 is 11.3 Å². The highest BCUT2D eigenvalue weighted by molar-refractivity contribution is 7.17. The normalized spacial score (nSPS) is 13.6. The lowest BCUT2D eigenvalue weighted by Gasteiger charge is -2.28. The molecule has 9 heteroatoms. The Hall–Kier alpha value is -2.60. The van der Waals surface area contributed by atoms with Crippen molar-refractivity contribution in [1.82, 2.24) is 14.8 Å². The van der Waals surface area contributed by atoms with E-state index in [0.29, 0.717) is 29.5 Å². The first-order chi connectivity index (χ1) is 10.2. The lowest BCUT2D eigenvalue weighted by atomic mass is 10.2. The van der Waals surface area contributed by atoms with Crippen molar-refractivity contribution in [3.63, 3.8) is 0 Å². The maximum Gasteiger partial charge on any atom is 0.343 e. The zero-order valence-electron chi connectivity index (χ0n) is 11.2. The fourth-order valence-electron chi connectivity index (χ4n) is 2.28. The van der Waals surface area contributed by atoms with E-state index in [2.05, 4.69) is 10.2 Å². The number of hydrogen-bond acceptors (Lipinski definition) is 8. The van der Waals surface area contributed by atoms with Crippen molar-refractivity contribution in [2.45, 2.75) is 13.1 Å². The molecule has 0 fully saturated rings. The molecule has 21 heavy (non-hydrogen) atoms. The number of methoxy groups -OCH3 is 1. The lowest BCUT2D eigenvalue weighted by molar-refractivity contribution is 0.0603. The van der Waals surface area contributed by atoms with Crippen LogP contribution in [0.3, 0.4) is 0 Å². The van der Waals surface area contributed by atoms with Crippen molar-refractivity contribution >= 4 is 28.0 Å². The number of rotatable bonds is 2. The third kappa shape index (κ3) is 2.09. The van der Waals surface area contributed by atoms with E-state index in [1.165, 1.54) is 18.4 Å². The van der Waals surface area contributed by atoms with E-state index < -0.39 is 5.97 Å². The number of ether oxygens (including phenoxy) is 1. The summed E-state index contributed by atoms with van der Waals surface area (Å²) in [4.78, 5) is 14.2. The fourth-order valence-corrected chi connectivity index (χ4v) is 3.31. The van der Waals surface area contributed by atoms with Crippen LogP contribution in [0, 0.1) is 11.3 Å². The van der Waals surface area contributed by atoms with E-state index >= 15 is 0 Å². The molecular weight excluding hydrogens is 292 g/mol. The number of anilines is 2.